The van der Waals surface area contributed by atoms with E-state index in [1.807, 2.05) is 42.5 Å². The van der Waals surface area contributed by atoms with Gasteiger partial charge in [0.2, 0.25) is 0 Å². The first-order valence-corrected chi connectivity index (χ1v) is 7.01. The zero-order valence-electron chi connectivity index (χ0n) is 12.5. The van der Waals surface area contributed by atoms with Crippen LogP contribution in [-0.4, -0.2) is 16.7 Å². The molecule has 0 fully saturated rings. The van der Waals surface area contributed by atoms with Crippen LogP contribution in [0.15, 0.2) is 48.5 Å². The molecule has 0 saturated heterocycles. The maximum atomic E-state index is 5.17. The standard InChI is InChI=1S/C17H19N3O/c1-12(18-13-8-10-14(21-3)11-9-13)17-19-15-6-4-5-7-16(15)20(17)2/h4-12,18H,1-3H3. The van der Waals surface area contributed by atoms with Crippen molar-refractivity contribution >= 4 is 16.7 Å². The van der Waals surface area contributed by atoms with Crippen LogP contribution in [0.25, 0.3) is 11.0 Å². The van der Waals surface area contributed by atoms with Crippen molar-refractivity contribution in [2.24, 2.45) is 7.05 Å². The Labute approximate surface area is 124 Å². The van der Waals surface area contributed by atoms with E-state index in [-0.39, 0.29) is 6.04 Å². The van der Waals surface area contributed by atoms with Crippen molar-refractivity contribution < 1.29 is 4.74 Å². The first-order chi connectivity index (χ1) is 10.2. The second-order valence-corrected chi connectivity index (χ2v) is 5.11. The summed E-state index contributed by atoms with van der Waals surface area (Å²) in [6.07, 6.45) is 0. The molecule has 3 aromatic rings. The van der Waals surface area contributed by atoms with E-state index in [2.05, 4.69) is 29.9 Å². The fourth-order valence-electron chi connectivity index (χ4n) is 2.55. The van der Waals surface area contributed by atoms with E-state index in [0.29, 0.717) is 0 Å². The number of fused-ring (bicyclic) bond motifs is 1. The summed E-state index contributed by atoms with van der Waals surface area (Å²) < 4.78 is 7.31. The Morgan fingerprint density at radius 2 is 1.81 bits per heavy atom. The molecule has 0 aliphatic heterocycles. The Morgan fingerprint density at radius 1 is 1.10 bits per heavy atom. The predicted molar refractivity (Wildman–Crippen MR) is 85.7 cm³/mol. The molecule has 4 heteroatoms. The molecule has 0 saturated carbocycles. The van der Waals surface area contributed by atoms with Gasteiger partial charge in [0, 0.05) is 12.7 Å². The summed E-state index contributed by atoms with van der Waals surface area (Å²) in [5, 5.41) is 3.47. The Morgan fingerprint density at radius 3 is 2.48 bits per heavy atom. The minimum atomic E-state index is 0.121. The van der Waals surface area contributed by atoms with Crippen molar-refractivity contribution in [2.45, 2.75) is 13.0 Å². The van der Waals surface area contributed by atoms with E-state index >= 15 is 0 Å². The minimum Gasteiger partial charge on any atom is -0.497 e. The maximum absolute atomic E-state index is 5.17. The zero-order chi connectivity index (χ0) is 14.8. The lowest BCUT2D eigenvalue weighted by molar-refractivity contribution is 0.415. The summed E-state index contributed by atoms with van der Waals surface area (Å²) in [5.74, 6) is 1.88. The van der Waals surface area contributed by atoms with Gasteiger partial charge in [0.15, 0.2) is 0 Å². The number of rotatable bonds is 4. The largest absolute Gasteiger partial charge is 0.497 e. The van der Waals surface area contributed by atoms with E-state index in [9.17, 15) is 0 Å². The molecule has 1 unspecified atom stereocenters. The Kier molecular flexibility index (Phi) is 3.52. The summed E-state index contributed by atoms with van der Waals surface area (Å²) in [5.41, 5.74) is 3.23. The van der Waals surface area contributed by atoms with Crippen molar-refractivity contribution in [2.75, 3.05) is 12.4 Å². The third-order valence-electron chi connectivity index (χ3n) is 3.68. The van der Waals surface area contributed by atoms with Gasteiger partial charge in [-0.2, -0.15) is 0 Å². The smallest absolute Gasteiger partial charge is 0.131 e. The monoisotopic (exact) mass is 281 g/mol. The highest BCUT2D eigenvalue weighted by Crippen LogP contribution is 2.23. The van der Waals surface area contributed by atoms with E-state index in [4.69, 9.17) is 9.72 Å². The van der Waals surface area contributed by atoms with Gasteiger partial charge >= 0.3 is 0 Å². The average molecular weight is 281 g/mol. The number of hydrogen-bond donors (Lipinski definition) is 1. The van der Waals surface area contributed by atoms with E-state index in [1.165, 1.54) is 0 Å². The van der Waals surface area contributed by atoms with Gasteiger partial charge in [-0.25, -0.2) is 4.98 Å². The van der Waals surface area contributed by atoms with E-state index in [0.717, 1.165) is 28.3 Å². The minimum absolute atomic E-state index is 0.121. The molecular weight excluding hydrogens is 262 g/mol. The molecule has 0 aliphatic rings. The van der Waals surface area contributed by atoms with Crippen LogP contribution in [0.5, 0.6) is 5.75 Å². The van der Waals surface area contributed by atoms with Gasteiger partial charge in [0.25, 0.3) is 0 Å². The van der Waals surface area contributed by atoms with Gasteiger partial charge in [-0.1, -0.05) is 12.1 Å². The summed E-state index contributed by atoms with van der Waals surface area (Å²) >= 11 is 0. The summed E-state index contributed by atoms with van der Waals surface area (Å²) in [4.78, 5) is 4.72. The van der Waals surface area contributed by atoms with Crippen molar-refractivity contribution in [1.29, 1.82) is 0 Å². The van der Waals surface area contributed by atoms with E-state index in [1.54, 1.807) is 7.11 Å². The predicted octanol–water partition coefficient (Wildman–Crippen LogP) is 3.76. The number of hydrogen-bond acceptors (Lipinski definition) is 3. The first-order valence-electron chi connectivity index (χ1n) is 7.01. The summed E-state index contributed by atoms with van der Waals surface area (Å²) in [6, 6.07) is 16.2. The highest BCUT2D eigenvalue weighted by molar-refractivity contribution is 5.76. The lowest BCUT2D eigenvalue weighted by atomic mass is 10.2. The quantitative estimate of drug-likeness (QED) is 0.791. The number of anilines is 1. The second-order valence-electron chi connectivity index (χ2n) is 5.11. The van der Waals surface area contributed by atoms with Gasteiger partial charge in [0.1, 0.15) is 11.6 Å². The van der Waals surface area contributed by atoms with Crippen molar-refractivity contribution in [3.63, 3.8) is 0 Å². The molecule has 0 aliphatic carbocycles. The summed E-state index contributed by atoms with van der Waals surface area (Å²) in [7, 11) is 3.72. The Bertz CT molecular complexity index is 746. The lowest BCUT2D eigenvalue weighted by Crippen LogP contribution is -2.11. The van der Waals surface area contributed by atoms with Gasteiger partial charge in [-0.15, -0.1) is 0 Å². The number of nitrogens with zero attached hydrogens (tertiary/aromatic N) is 2. The number of ether oxygens (including phenoxy) is 1. The van der Waals surface area contributed by atoms with Crippen LogP contribution in [0.3, 0.4) is 0 Å². The second kappa shape index (κ2) is 5.48. The van der Waals surface area contributed by atoms with Crippen LogP contribution in [-0.2, 0) is 7.05 Å². The fourth-order valence-corrected chi connectivity index (χ4v) is 2.55. The van der Waals surface area contributed by atoms with Gasteiger partial charge in [-0.3, -0.25) is 0 Å². The molecule has 4 nitrogen and oxygen atoms in total. The molecule has 0 spiro atoms. The molecule has 3 rings (SSSR count). The topological polar surface area (TPSA) is 39.1 Å². The maximum Gasteiger partial charge on any atom is 0.131 e. The lowest BCUT2D eigenvalue weighted by Gasteiger charge is -2.15. The SMILES string of the molecule is COc1ccc(NC(C)c2nc3ccccc3n2C)cc1. The first kappa shape index (κ1) is 13.5. The molecule has 1 atom stereocenters. The average Bonchev–Trinajstić information content (AvgIpc) is 2.86. The van der Waals surface area contributed by atoms with Crippen LogP contribution < -0.4 is 10.1 Å². The molecular formula is C17H19N3O. The van der Waals surface area contributed by atoms with Gasteiger partial charge in [0.05, 0.1) is 24.2 Å². The van der Waals surface area contributed by atoms with Gasteiger partial charge < -0.3 is 14.6 Å². The van der Waals surface area contributed by atoms with Crippen molar-refractivity contribution in [3.8, 4) is 5.75 Å². The van der Waals surface area contributed by atoms with E-state index < -0.39 is 0 Å². The van der Waals surface area contributed by atoms with Crippen LogP contribution >= 0.6 is 0 Å². The molecule has 108 valence electrons. The molecule has 21 heavy (non-hydrogen) atoms. The molecule has 0 radical (unpaired) electrons. The number of para-hydroxylation sites is 2. The van der Waals surface area contributed by atoms with Gasteiger partial charge in [-0.05, 0) is 43.3 Å². The Balaban J connectivity index is 1.86. The van der Waals surface area contributed by atoms with Crippen LogP contribution in [0.1, 0.15) is 18.8 Å². The highest BCUT2D eigenvalue weighted by atomic mass is 16.5. The molecule has 1 heterocycles. The number of methoxy groups -OCH3 is 1. The fraction of sp³-hybridized carbons (Fsp3) is 0.235. The number of aryl methyl sites for hydroxylation is 1. The Hall–Kier alpha value is -2.49. The number of aromatic nitrogens is 2. The number of benzene rings is 2. The van der Waals surface area contributed by atoms with Crippen LogP contribution in [0.4, 0.5) is 5.69 Å². The molecule has 1 N–H and O–H groups in total. The molecule has 2 aromatic carbocycles. The number of imidazole rings is 1. The normalized spacial score (nSPS) is 12.3. The van der Waals surface area contributed by atoms with Crippen molar-refractivity contribution in [3.05, 3.63) is 54.4 Å². The summed E-state index contributed by atoms with van der Waals surface area (Å²) in [6.45, 7) is 2.12. The molecule has 0 amide bonds. The number of nitrogens with one attached hydrogen (secondary N) is 1. The molecule has 1 aromatic heterocycles. The van der Waals surface area contributed by atoms with Crippen LogP contribution in [0, 0.1) is 0 Å². The van der Waals surface area contributed by atoms with Crippen molar-refractivity contribution in [1.82, 2.24) is 9.55 Å². The molecule has 0 bridgehead atoms. The highest BCUT2D eigenvalue weighted by Gasteiger charge is 2.14. The third-order valence-corrected chi connectivity index (χ3v) is 3.68. The third kappa shape index (κ3) is 2.57. The zero-order valence-corrected chi connectivity index (χ0v) is 12.5. The van der Waals surface area contributed by atoms with Crippen LogP contribution in [0.2, 0.25) is 0 Å².